The van der Waals surface area contributed by atoms with Crippen molar-refractivity contribution in [3.63, 3.8) is 0 Å². The summed E-state index contributed by atoms with van der Waals surface area (Å²) < 4.78 is 20.4. The lowest BCUT2D eigenvalue weighted by atomic mass is 10.1. The molecule has 0 radical (unpaired) electrons. The molecule has 1 aliphatic rings. The molecule has 0 spiro atoms. The largest absolute Gasteiger partial charge is 0.378 e. The molecular formula is C19H18FN3O. The summed E-state index contributed by atoms with van der Waals surface area (Å²) in [6, 6.07) is 16.7. The van der Waals surface area contributed by atoms with Gasteiger partial charge in [0.15, 0.2) is 0 Å². The van der Waals surface area contributed by atoms with E-state index in [-0.39, 0.29) is 5.82 Å². The predicted octanol–water partition coefficient (Wildman–Crippen LogP) is 3.52. The van der Waals surface area contributed by atoms with Gasteiger partial charge in [-0.1, -0.05) is 0 Å². The SMILES string of the molecule is Fc1ccc(-c2ccnn2-c2ccc(N3CCOCC3)cc2)cc1. The summed E-state index contributed by atoms with van der Waals surface area (Å²) in [5, 5.41) is 4.42. The first-order chi connectivity index (χ1) is 11.8. The van der Waals surface area contributed by atoms with Crippen molar-refractivity contribution in [2.45, 2.75) is 0 Å². The molecule has 0 unspecified atom stereocenters. The fourth-order valence-corrected chi connectivity index (χ4v) is 2.97. The van der Waals surface area contributed by atoms with Crippen LogP contribution in [0, 0.1) is 5.82 Å². The molecule has 4 rings (SSSR count). The first-order valence-corrected chi connectivity index (χ1v) is 8.04. The average molecular weight is 323 g/mol. The molecule has 0 aliphatic carbocycles. The summed E-state index contributed by atoms with van der Waals surface area (Å²) in [6.07, 6.45) is 1.76. The minimum Gasteiger partial charge on any atom is -0.378 e. The van der Waals surface area contributed by atoms with Crippen LogP contribution in [0.3, 0.4) is 0 Å². The highest BCUT2D eigenvalue weighted by atomic mass is 19.1. The summed E-state index contributed by atoms with van der Waals surface area (Å²) in [5.74, 6) is -0.236. The van der Waals surface area contributed by atoms with Crippen molar-refractivity contribution < 1.29 is 9.13 Å². The van der Waals surface area contributed by atoms with Crippen LogP contribution >= 0.6 is 0 Å². The van der Waals surface area contributed by atoms with Crippen LogP contribution < -0.4 is 4.90 Å². The third-order valence-electron chi connectivity index (χ3n) is 4.25. The monoisotopic (exact) mass is 323 g/mol. The van der Waals surface area contributed by atoms with E-state index >= 15 is 0 Å². The number of benzene rings is 2. The molecule has 0 bridgehead atoms. The summed E-state index contributed by atoms with van der Waals surface area (Å²) in [6.45, 7) is 3.38. The van der Waals surface area contributed by atoms with Crippen molar-refractivity contribution >= 4 is 5.69 Å². The van der Waals surface area contributed by atoms with Gasteiger partial charge in [-0.15, -0.1) is 0 Å². The molecule has 5 heteroatoms. The first kappa shape index (κ1) is 14.9. The van der Waals surface area contributed by atoms with Crippen LogP contribution in [0.15, 0.2) is 60.8 Å². The van der Waals surface area contributed by atoms with Crippen LogP contribution in [0.4, 0.5) is 10.1 Å². The highest BCUT2D eigenvalue weighted by molar-refractivity contribution is 5.62. The quantitative estimate of drug-likeness (QED) is 0.739. The van der Waals surface area contributed by atoms with Gasteiger partial charge in [-0.05, 0) is 54.6 Å². The zero-order chi connectivity index (χ0) is 16.4. The molecule has 1 saturated heterocycles. The second kappa shape index (κ2) is 6.45. The Balaban J connectivity index is 1.62. The van der Waals surface area contributed by atoms with Crippen molar-refractivity contribution in [1.29, 1.82) is 0 Å². The second-order valence-corrected chi connectivity index (χ2v) is 5.75. The Labute approximate surface area is 140 Å². The van der Waals surface area contributed by atoms with Gasteiger partial charge >= 0.3 is 0 Å². The lowest BCUT2D eigenvalue weighted by Gasteiger charge is -2.28. The third-order valence-corrected chi connectivity index (χ3v) is 4.25. The third kappa shape index (κ3) is 2.90. The van der Waals surface area contributed by atoms with Gasteiger partial charge in [-0.2, -0.15) is 5.10 Å². The number of anilines is 1. The Bertz CT molecular complexity index is 805. The van der Waals surface area contributed by atoms with E-state index in [0.29, 0.717) is 0 Å². The molecule has 0 N–H and O–H groups in total. The van der Waals surface area contributed by atoms with E-state index in [9.17, 15) is 4.39 Å². The summed E-state index contributed by atoms with van der Waals surface area (Å²) >= 11 is 0. The maximum absolute atomic E-state index is 13.1. The molecule has 2 aromatic carbocycles. The zero-order valence-corrected chi connectivity index (χ0v) is 13.2. The van der Waals surface area contributed by atoms with Gasteiger partial charge in [0.1, 0.15) is 5.82 Å². The van der Waals surface area contributed by atoms with Gasteiger partial charge in [-0.25, -0.2) is 9.07 Å². The summed E-state index contributed by atoms with van der Waals surface area (Å²) in [5.41, 5.74) is 4.05. The minimum atomic E-state index is -0.236. The standard InChI is InChI=1S/C19H18FN3O/c20-16-3-1-15(2-4-16)19-9-10-21-23(19)18-7-5-17(6-8-18)22-11-13-24-14-12-22/h1-10H,11-14H2. The van der Waals surface area contributed by atoms with E-state index in [0.717, 1.165) is 43.2 Å². The fraction of sp³-hybridized carbons (Fsp3) is 0.211. The van der Waals surface area contributed by atoms with Gasteiger partial charge in [0.25, 0.3) is 0 Å². The van der Waals surface area contributed by atoms with Gasteiger partial charge in [0.05, 0.1) is 30.8 Å². The van der Waals surface area contributed by atoms with E-state index in [2.05, 4.69) is 34.3 Å². The molecule has 1 aromatic heterocycles. The van der Waals surface area contributed by atoms with Gasteiger partial charge in [0, 0.05) is 24.3 Å². The molecule has 3 aromatic rings. The van der Waals surface area contributed by atoms with E-state index in [4.69, 9.17) is 4.74 Å². The van der Waals surface area contributed by atoms with E-state index in [1.807, 2.05) is 10.7 Å². The molecule has 1 fully saturated rings. The minimum absolute atomic E-state index is 0.236. The lowest BCUT2D eigenvalue weighted by Crippen LogP contribution is -2.36. The summed E-state index contributed by atoms with van der Waals surface area (Å²) in [4.78, 5) is 2.32. The molecule has 0 atom stereocenters. The Hall–Kier alpha value is -2.66. The van der Waals surface area contributed by atoms with Crippen LogP contribution in [0.1, 0.15) is 0 Å². The van der Waals surface area contributed by atoms with Crippen LogP contribution in [-0.2, 0) is 4.74 Å². The normalized spacial score (nSPS) is 14.8. The van der Waals surface area contributed by atoms with Crippen molar-refractivity contribution in [2.24, 2.45) is 0 Å². The Morgan fingerprint density at radius 3 is 2.21 bits per heavy atom. The van der Waals surface area contributed by atoms with E-state index in [1.165, 1.54) is 17.8 Å². The van der Waals surface area contributed by atoms with Crippen molar-refractivity contribution in [3.8, 4) is 16.9 Å². The van der Waals surface area contributed by atoms with Crippen LogP contribution in [0.2, 0.25) is 0 Å². The van der Waals surface area contributed by atoms with Crippen LogP contribution in [0.5, 0.6) is 0 Å². The molecule has 24 heavy (non-hydrogen) atoms. The maximum atomic E-state index is 13.1. The molecule has 1 aliphatic heterocycles. The summed E-state index contributed by atoms with van der Waals surface area (Å²) in [7, 11) is 0. The van der Waals surface area contributed by atoms with Gasteiger partial charge in [0.2, 0.25) is 0 Å². The number of rotatable bonds is 3. The molecule has 4 nitrogen and oxygen atoms in total. The zero-order valence-electron chi connectivity index (χ0n) is 13.2. The highest BCUT2D eigenvalue weighted by Gasteiger charge is 2.12. The molecule has 0 saturated carbocycles. The number of ether oxygens (including phenoxy) is 1. The molecule has 122 valence electrons. The molecular weight excluding hydrogens is 305 g/mol. The Kier molecular flexibility index (Phi) is 4.01. The Morgan fingerprint density at radius 1 is 0.833 bits per heavy atom. The smallest absolute Gasteiger partial charge is 0.123 e. The van der Waals surface area contributed by atoms with Gasteiger partial charge < -0.3 is 9.64 Å². The van der Waals surface area contributed by atoms with Crippen molar-refractivity contribution in [3.05, 3.63) is 66.6 Å². The molecule has 0 amide bonds. The lowest BCUT2D eigenvalue weighted by molar-refractivity contribution is 0.122. The number of hydrogen-bond donors (Lipinski definition) is 0. The number of aromatic nitrogens is 2. The van der Waals surface area contributed by atoms with Crippen LogP contribution in [-0.4, -0.2) is 36.1 Å². The predicted molar refractivity (Wildman–Crippen MR) is 92.0 cm³/mol. The second-order valence-electron chi connectivity index (χ2n) is 5.75. The average Bonchev–Trinajstić information content (AvgIpc) is 3.13. The fourth-order valence-electron chi connectivity index (χ4n) is 2.97. The Morgan fingerprint density at radius 2 is 1.50 bits per heavy atom. The van der Waals surface area contributed by atoms with Crippen molar-refractivity contribution in [2.75, 3.05) is 31.2 Å². The highest BCUT2D eigenvalue weighted by Crippen LogP contribution is 2.24. The van der Waals surface area contributed by atoms with Gasteiger partial charge in [-0.3, -0.25) is 0 Å². The maximum Gasteiger partial charge on any atom is 0.123 e. The van der Waals surface area contributed by atoms with Crippen molar-refractivity contribution in [1.82, 2.24) is 9.78 Å². The van der Waals surface area contributed by atoms with E-state index in [1.54, 1.807) is 18.3 Å². The first-order valence-electron chi connectivity index (χ1n) is 8.04. The number of nitrogens with zero attached hydrogens (tertiary/aromatic N) is 3. The number of morpholine rings is 1. The molecule has 2 heterocycles. The topological polar surface area (TPSA) is 30.3 Å². The number of hydrogen-bond acceptors (Lipinski definition) is 3. The van der Waals surface area contributed by atoms with Crippen LogP contribution in [0.25, 0.3) is 16.9 Å². The van der Waals surface area contributed by atoms with E-state index < -0.39 is 0 Å². The number of halogens is 1.